The number of benzene rings is 2. The number of hydrogen-bond acceptors (Lipinski definition) is 2. The Morgan fingerprint density at radius 3 is 2.42 bits per heavy atom. The molecular formula is C22H28N2. The number of nitrogens with zero attached hydrogens (tertiary/aromatic N) is 2. The summed E-state index contributed by atoms with van der Waals surface area (Å²) in [5.74, 6) is 2.03. The average Bonchev–Trinajstić information content (AvgIpc) is 2.94. The molecule has 0 radical (unpaired) electrons. The van der Waals surface area contributed by atoms with E-state index in [1.54, 1.807) is 11.1 Å². The number of piperidine rings is 1. The molecule has 0 spiro atoms. The van der Waals surface area contributed by atoms with E-state index >= 15 is 0 Å². The monoisotopic (exact) mass is 320 g/mol. The van der Waals surface area contributed by atoms with E-state index in [9.17, 15) is 0 Å². The first kappa shape index (κ1) is 15.9. The fourth-order valence-electron chi connectivity index (χ4n) is 4.77. The van der Waals surface area contributed by atoms with Gasteiger partial charge in [0.05, 0.1) is 0 Å². The summed E-state index contributed by atoms with van der Waals surface area (Å²) in [5, 5.41) is 0. The first-order valence-electron chi connectivity index (χ1n) is 9.25. The van der Waals surface area contributed by atoms with Crippen LogP contribution in [0.25, 0.3) is 0 Å². The molecule has 126 valence electrons. The zero-order chi connectivity index (χ0) is 16.5. The Balaban J connectivity index is 1.64. The van der Waals surface area contributed by atoms with E-state index in [1.807, 2.05) is 0 Å². The Morgan fingerprint density at radius 2 is 1.67 bits per heavy atom. The van der Waals surface area contributed by atoms with E-state index in [1.165, 1.54) is 31.6 Å². The molecule has 3 atom stereocenters. The van der Waals surface area contributed by atoms with Gasteiger partial charge < -0.3 is 9.80 Å². The van der Waals surface area contributed by atoms with Crippen molar-refractivity contribution in [2.24, 2.45) is 5.92 Å². The van der Waals surface area contributed by atoms with E-state index in [0.717, 1.165) is 18.4 Å². The summed E-state index contributed by atoms with van der Waals surface area (Å²) in [6.07, 6.45) is 1.30. The molecule has 2 nitrogen and oxygen atoms in total. The highest BCUT2D eigenvalue weighted by atomic mass is 15.2. The van der Waals surface area contributed by atoms with E-state index in [0.29, 0.717) is 5.92 Å². The van der Waals surface area contributed by atoms with E-state index in [2.05, 4.69) is 78.5 Å². The molecule has 0 bridgehead atoms. The first-order valence-corrected chi connectivity index (χ1v) is 9.25. The number of fused-ring (bicyclic) bond motifs is 3. The predicted molar refractivity (Wildman–Crippen MR) is 101 cm³/mol. The summed E-state index contributed by atoms with van der Waals surface area (Å²) in [7, 11) is 4.34. The second kappa shape index (κ2) is 6.70. The van der Waals surface area contributed by atoms with Gasteiger partial charge >= 0.3 is 0 Å². The molecule has 1 fully saturated rings. The van der Waals surface area contributed by atoms with Crippen molar-refractivity contribution in [2.45, 2.75) is 18.3 Å². The van der Waals surface area contributed by atoms with E-state index in [4.69, 9.17) is 0 Å². The van der Waals surface area contributed by atoms with Gasteiger partial charge in [0.2, 0.25) is 0 Å². The van der Waals surface area contributed by atoms with Crippen LogP contribution >= 0.6 is 0 Å². The molecule has 1 heterocycles. The largest absolute Gasteiger partial charge is 0.308 e. The zero-order valence-corrected chi connectivity index (χ0v) is 14.9. The lowest BCUT2D eigenvalue weighted by Crippen LogP contribution is -2.42. The minimum atomic E-state index is 0.564. The third kappa shape index (κ3) is 2.89. The topological polar surface area (TPSA) is 6.48 Å². The maximum absolute atomic E-state index is 2.68. The maximum atomic E-state index is 2.68. The highest BCUT2D eigenvalue weighted by Crippen LogP contribution is 2.52. The fraction of sp³-hybridized carbons (Fsp3) is 0.455. The number of likely N-dealkylation sites (tertiary alicyclic amines) is 1. The average molecular weight is 320 g/mol. The molecular weight excluding hydrogens is 292 g/mol. The second-order valence-electron chi connectivity index (χ2n) is 7.68. The van der Waals surface area contributed by atoms with Gasteiger partial charge in [-0.05, 0) is 55.6 Å². The van der Waals surface area contributed by atoms with Crippen LogP contribution in [0.5, 0.6) is 0 Å². The smallest absolute Gasteiger partial charge is 0.0138 e. The number of hydrogen-bond donors (Lipinski definition) is 0. The van der Waals surface area contributed by atoms with Gasteiger partial charge in [-0.1, -0.05) is 54.6 Å². The van der Waals surface area contributed by atoms with Gasteiger partial charge in [0.15, 0.2) is 0 Å². The third-order valence-electron chi connectivity index (χ3n) is 5.92. The summed E-state index contributed by atoms with van der Waals surface area (Å²) in [6.45, 7) is 4.81. The van der Waals surface area contributed by atoms with Crippen molar-refractivity contribution in [3.63, 3.8) is 0 Å². The minimum Gasteiger partial charge on any atom is -0.308 e. The fourth-order valence-corrected chi connectivity index (χ4v) is 4.77. The van der Waals surface area contributed by atoms with Crippen LogP contribution < -0.4 is 0 Å². The van der Waals surface area contributed by atoms with Gasteiger partial charge in [0.1, 0.15) is 0 Å². The summed E-state index contributed by atoms with van der Waals surface area (Å²) in [5.41, 5.74) is 4.68. The Hall–Kier alpha value is -1.64. The van der Waals surface area contributed by atoms with Crippen molar-refractivity contribution in [1.29, 1.82) is 0 Å². The molecule has 1 aliphatic heterocycles. The SMILES string of the molecule is CN(C)CCN1CC[C@H]2c3ccccc3[C@@H](c3ccccc3)[C@H]2C1. The molecule has 2 heteroatoms. The molecule has 24 heavy (non-hydrogen) atoms. The molecule has 4 rings (SSSR count). The normalized spacial score (nSPS) is 26.4. The molecule has 0 N–H and O–H groups in total. The van der Waals surface area contributed by atoms with Gasteiger partial charge in [0.25, 0.3) is 0 Å². The molecule has 2 aliphatic rings. The van der Waals surface area contributed by atoms with E-state index < -0.39 is 0 Å². The van der Waals surface area contributed by atoms with Gasteiger partial charge in [0, 0.05) is 25.6 Å². The molecule has 0 unspecified atom stereocenters. The molecule has 0 aromatic heterocycles. The number of likely N-dealkylation sites (N-methyl/N-ethyl adjacent to an activating group) is 1. The van der Waals surface area contributed by atoms with Crippen LogP contribution in [0.1, 0.15) is 34.9 Å². The van der Waals surface area contributed by atoms with Crippen molar-refractivity contribution >= 4 is 0 Å². The summed E-state index contributed by atoms with van der Waals surface area (Å²) in [6, 6.07) is 20.4. The lowest BCUT2D eigenvalue weighted by atomic mass is 9.79. The summed E-state index contributed by atoms with van der Waals surface area (Å²) in [4.78, 5) is 4.98. The molecule has 2 aromatic rings. The Bertz CT molecular complexity index is 679. The van der Waals surface area contributed by atoms with Crippen LogP contribution in [0.2, 0.25) is 0 Å². The zero-order valence-electron chi connectivity index (χ0n) is 14.9. The molecule has 0 amide bonds. The first-order chi connectivity index (χ1) is 11.7. The predicted octanol–water partition coefficient (Wildman–Crippen LogP) is 3.80. The quantitative estimate of drug-likeness (QED) is 0.845. The highest BCUT2D eigenvalue weighted by molar-refractivity contribution is 5.46. The Kier molecular flexibility index (Phi) is 4.43. The Morgan fingerprint density at radius 1 is 0.958 bits per heavy atom. The molecule has 1 saturated heterocycles. The molecule has 1 aliphatic carbocycles. The molecule has 0 saturated carbocycles. The molecule has 2 aromatic carbocycles. The van der Waals surface area contributed by atoms with Crippen molar-refractivity contribution < 1.29 is 0 Å². The highest BCUT2D eigenvalue weighted by Gasteiger charge is 2.43. The van der Waals surface area contributed by atoms with Crippen molar-refractivity contribution in [3.8, 4) is 0 Å². The Labute approximate surface area is 146 Å². The van der Waals surface area contributed by atoms with Gasteiger partial charge in [-0.15, -0.1) is 0 Å². The lowest BCUT2D eigenvalue weighted by Gasteiger charge is -2.38. The lowest BCUT2D eigenvalue weighted by molar-refractivity contribution is 0.143. The summed E-state index contributed by atoms with van der Waals surface area (Å²) >= 11 is 0. The van der Waals surface area contributed by atoms with Gasteiger partial charge in [-0.2, -0.15) is 0 Å². The van der Waals surface area contributed by atoms with Crippen molar-refractivity contribution in [1.82, 2.24) is 9.80 Å². The van der Waals surface area contributed by atoms with Gasteiger partial charge in [-0.25, -0.2) is 0 Å². The van der Waals surface area contributed by atoms with Crippen LogP contribution in [-0.4, -0.2) is 50.1 Å². The third-order valence-corrected chi connectivity index (χ3v) is 5.92. The van der Waals surface area contributed by atoms with Crippen LogP contribution in [0.3, 0.4) is 0 Å². The van der Waals surface area contributed by atoms with Crippen molar-refractivity contribution in [3.05, 3.63) is 71.3 Å². The van der Waals surface area contributed by atoms with Crippen LogP contribution in [0.15, 0.2) is 54.6 Å². The van der Waals surface area contributed by atoms with Crippen LogP contribution in [0, 0.1) is 5.92 Å². The second-order valence-corrected chi connectivity index (χ2v) is 7.68. The number of rotatable bonds is 4. The summed E-state index contributed by atoms with van der Waals surface area (Å²) < 4.78 is 0. The maximum Gasteiger partial charge on any atom is 0.0138 e. The minimum absolute atomic E-state index is 0.564. The van der Waals surface area contributed by atoms with Crippen LogP contribution in [0.4, 0.5) is 0 Å². The van der Waals surface area contributed by atoms with Crippen LogP contribution in [-0.2, 0) is 0 Å². The van der Waals surface area contributed by atoms with Gasteiger partial charge in [-0.3, -0.25) is 0 Å². The van der Waals surface area contributed by atoms with Crippen molar-refractivity contribution in [2.75, 3.05) is 40.3 Å². The van der Waals surface area contributed by atoms with E-state index in [-0.39, 0.29) is 0 Å². The standard InChI is InChI=1S/C22H28N2/c1-23(2)14-15-24-13-12-19-18-10-6-7-11-20(18)22(21(19)16-24)17-8-4-3-5-9-17/h3-11,19,21-22H,12-16H2,1-2H3/t19-,21-,22+/m0/s1.